The molecule has 0 heterocycles. The van der Waals surface area contributed by atoms with Crippen molar-refractivity contribution in [3.8, 4) is 5.75 Å². The van der Waals surface area contributed by atoms with Crippen LogP contribution in [0.3, 0.4) is 0 Å². The molecule has 0 aromatic heterocycles. The Hall–Kier alpha value is -1.58. The molecule has 0 aliphatic heterocycles. The summed E-state index contributed by atoms with van der Waals surface area (Å²) in [6.45, 7) is 2.50. The zero-order valence-electron chi connectivity index (χ0n) is 10.5. The van der Waals surface area contributed by atoms with Gasteiger partial charge in [-0.05, 0) is 42.3 Å². The van der Waals surface area contributed by atoms with Crippen molar-refractivity contribution in [2.45, 2.75) is 19.5 Å². The van der Waals surface area contributed by atoms with Gasteiger partial charge in [-0.25, -0.2) is 4.39 Å². The van der Waals surface area contributed by atoms with Crippen LogP contribution in [0.25, 0.3) is 0 Å². The first-order valence-electron chi connectivity index (χ1n) is 6.02. The van der Waals surface area contributed by atoms with Crippen LogP contribution in [0.5, 0.6) is 5.75 Å². The van der Waals surface area contributed by atoms with Crippen molar-refractivity contribution in [2.75, 3.05) is 0 Å². The number of rotatable bonds is 4. The van der Waals surface area contributed by atoms with Crippen molar-refractivity contribution in [1.82, 2.24) is 5.32 Å². The lowest BCUT2D eigenvalue weighted by molar-refractivity contribution is 0.466. The maximum Gasteiger partial charge on any atom is 0.127 e. The molecule has 2 aromatic rings. The van der Waals surface area contributed by atoms with Crippen molar-refractivity contribution in [3.05, 3.63) is 64.4 Å². The number of phenols is 1. The predicted molar refractivity (Wildman–Crippen MR) is 74.8 cm³/mol. The zero-order chi connectivity index (χ0) is 13.8. The van der Waals surface area contributed by atoms with Crippen LogP contribution in [0.2, 0.25) is 5.02 Å². The predicted octanol–water partition coefficient (Wildman–Crippen LogP) is 4.04. The van der Waals surface area contributed by atoms with E-state index >= 15 is 0 Å². The van der Waals surface area contributed by atoms with Gasteiger partial charge in [0.1, 0.15) is 11.6 Å². The number of halogens is 2. The molecule has 2 N–H and O–H groups in total. The standard InChI is InChI=1S/C15H15ClFNO/c1-10(12-2-4-13(16)5-3-12)18-9-11-6-14(17)8-15(19)7-11/h2-8,10,18-19H,9H2,1H3. The van der Waals surface area contributed by atoms with E-state index in [0.717, 1.165) is 11.6 Å². The SMILES string of the molecule is CC(NCc1cc(O)cc(F)c1)c1ccc(Cl)cc1. The lowest BCUT2D eigenvalue weighted by Crippen LogP contribution is -2.18. The van der Waals surface area contributed by atoms with E-state index in [9.17, 15) is 9.50 Å². The number of hydrogen-bond acceptors (Lipinski definition) is 2. The van der Waals surface area contributed by atoms with Crippen LogP contribution in [-0.4, -0.2) is 5.11 Å². The quantitative estimate of drug-likeness (QED) is 0.885. The van der Waals surface area contributed by atoms with Crippen molar-refractivity contribution in [1.29, 1.82) is 0 Å². The van der Waals surface area contributed by atoms with Gasteiger partial charge in [-0.3, -0.25) is 0 Å². The van der Waals surface area contributed by atoms with Gasteiger partial charge in [0.2, 0.25) is 0 Å². The van der Waals surface area contributed by atoms with Crippen LogP contribution >= 0.6 is 11.6 Å². The molecule has 2 rings (SSSR count). The average Bonchev–Trinajstić information content (AvgIpc) is 2.36. The van der Waals surface area contributed by atoms with Gasteiger partial charge in [0, 0.05) is 23.7 Å². The second-order valence-corrected chi connectivity index (χ2v) is 4.91. The normalized spacial score (nSPS) is 12.4. The number of phenolic OH excluding ortho intramolecular Hbond substituents is 1. The van der Waals surface area contributed by atoms with Crippen LogP contribution < -0.4 is 5.32 Å². The molecule has 0 saturated carbocycles. The van der Waals surface area contributed by atoms with Crippen LogP contribution in [0, 0.1) is 5.82 Å². The highest BCUT2D eigenvalue weighted by atomic mass is 35.5. The smallest absolute Gasteiger partial charge is 0.127 e. The van der Waals surface area contributed by atoms with Gasteiger partial charge in [0.05, 0.1) is 0 Å². The first kappa shape index (κ1) is 13.8. The molecule has 0 amide bonds. The van der Waals surface area contributed by atoms with E-state index in [1.165, 1.54) is 6.07 Å². The first-order chi connectivity index (χ1) is 9.04. The van der Waals surface area contributed by atoms with Crippen LogP contribution in [0.15, 0.2) is 42.5 Å². The third kappa shape index (κ3) is 3.94. The van der Waals surface area contributed by atoms with Gasteiger partial charge in [0.15, 0.2) is 0 Å². The minimum Gasteiger partial charge on any atom is -0.508 e. The van der Waals surface area contributed by atoms with Gasteiger partial charge in [-0.15, -0.1) is 0 Å². The molecule has 0 aliphatic rings. The van der Waals surface area contributed by atoms with Crippen LogP contribution in [-0.2, 0) is 6.54 Å². The Morgan fingerprint density at radius 1 is 1.21 bits per heavy atom. The van der Waals surface area contributed by atoms with E-state index in [4.69, 9.17) is 11.6 Å². The number of hydrogen-bond donors (Lipinski definition) is 2. The van der Waals surface area contributed by atoms with Crippen LogP contribution in [0.1, 0.15) is 24.1 Å². The van der Waals surface area contributed by atoms with Gasteiger partial charge in [-0.2, -0.15) is 0 Å². The monoisotopic (exact) mass is 279 g/mol. The van der Waals surface area contributed by atoms with E-state index in [1.54, 1.807) is 6.07 Å². The molecule has 100 valence electrons. The Morgan fingerprint density at radius 3 is 2.53 bits per heavy atom. The summed E-state index contributed by atoms with van der Waals surface area (Å²) in [5, 5.41) is 13.3. The van der Waals surface area contributed by atoms with Crippen LogP contribution in [0.4, 0.5) is 4.39 Å². The second-order valence-electron chi connectivity index (χ2n) is 4.47. The molecule has 0 spiro atoms. The van der Waals surface area contributed by atoms with Crippen molar-refractivity contribution >= 4 is 11.6 Å². The van der Waals surface area contributed by atoms with E-state index in [0.29, 0.717) is 17.1 Å². The van der Waals surface area contributed by atoms with E-state index < -0.39 is 5.82 Å². The lowest BCUT2D eigenvalue weighted by Gasteiger charge is -2.14. The maximum absolute atomic E-state index is 13.1. The Labute approximate surface area is 116 Å². The molecule has 0 radical (unpaired) electrons. The molecule has 0 bridgehead atoms. The summed E-state index contributed by atoms with van der Waals surface area (Å²) >= 11 is 5.83. The fraction of sp³-hybridized carbons (Fsp3) is 0.200. The third-order valence-electron chi connectivity index (χ3n) is 2.92. The molecule has 1 unspecified atom stereocenters. The summed E-state index contributed by atoms with van der Waals surface area (Å²) in [4.78, 5) is 0. The fourth-order valence-corrected chi connectivity index (χ4v) is 2.00. The highest BCUT2D eigenvalue weighted by Gasteiger charge is 2.06. The Morgan fingerprint density at radius 2 is 1.89 bits per heavy atom. The van der Waals surface area contributed by atoms with E-state index in [1.807, 2.05) is 31.2 Å². The zero-order valence-corrected chi connectivity index (χ0v) is 11.3. The Balaban J connectivity index is 1.99. The topological polar surface area (TPSA) is 32.3 Å². The molecule has 0 fully saturated rings. The minimum absolute atomic E-state index is 0.0593. The first-order valence-corrected chi connectivity index (χ1v) is 6.39. The van der Waals surface area contributed by atoms with Gasteiger partial charge >= 0.3 is 0 Å². The summed E-state index contributed by atoms with van der Waals surface area (Å²) < 4.78 is 13.1. The summed E-state index contributed by atoms with van der Waals surface area (Å²) in [6, 6.07) is 11.7. The van der Waals surface area contributed by atoms with Crippen molar-refractivity contribution in [2.24, 2.45) is 0 Å². The minimum atomic E-state index is -0.434. The maximum atomic E-state index is 13.1. The summed E-state index contributed by atoms with van der Waals surface area (Å²) in [7, 11) is 0. The molecular weight excluding hydrogens is 265 g/mol. The summed E-state index contributed by atoms with van der Waals surface area (Å²) in [5.74, 6) is -0.494. The van der Waals surface area contributed by atoms with E-state index in [-0.39, 0.29) is 11.8 Å². The average molecular weight is 280 g/mol. The highest BCUT2D eigenvalue weighted by molar-refractivity contribution is 6.30. The molecule has 1 atom stereocenters. The van der Waals surface area contributed by atoms with Gasteiger partial charge < -0.3 is 10.4 Å². The Bertz CT molecular complexity index is 536. The molecule has 2 aromatic carbocycles. The summed E-state index contributed by atoms with van der Waals surface area (Å²) in [5.41, 5.74) is 1.81. The number of benzene rings is 2. The lowest BCUT2D eigenvalue weighted by atomic mass is 10.1. The number of aromatic hydroxyl groups is 1. The molecule has 2 nitrogen and oxygen atoms in total. The van der Waals surface area contributed by atoms with Crippen molar-refractivity contribution in [3.63, 3.8) is 0 Å². The van der Waals surface area contributed by atoms with E-state index in [2.05, 4.69) is 5.32 Å². The molecular formula is C15H15ClFNO. The van der Waals surface area contributed by atoms with Gasteiger partial charge in [0.25, 0.3) is 0 Å². The number of nitrogens with one attached hydrogen (secondary N) is 1. The fourth-order valence-electron chi connectivity index (χ4n) is 1.88. The molecule has 4 heteroatoms. The molecule has 0 aliphatic carbocycles. The Kier molecular flexibility index (Phi) is 4.40. The molecule has 0 saturated heterocycles. The van der Waals surface area contributed by atoms with Gasteiger partial charge in [-0.1, -0.05) is 23.7 Å². The largest absolute Gasteiger partial charge is 0.508 e. The summed E-state index contributed by atoms with van der Waals surface area (Å²) in [6.07, 6.45) is 0. The third-order valence-corrected chi connectivity index (χ3v) is 3.18. The van der Waals surface area contributed by atoms with Crippen molar-refractivity contribution < 1.29 is 9.50 Å². The second kappa shape index (κ2) is 6.04. The molecule has 19 heavy (non-hydrogen) atoms. The highest BCUT2D eigenvalue weighted by Crippen LogP contribution is 2.18.